The first-order chi connectivity index (χ1) is 9.15. The van der Waals surface area contributed by atoms with E-state index in [-0.39, 0.29) is 24.4 Å². The zero-order valence-corrected chi connectivity index (χ0v) is 12.9. The third-order valence-electron chi connectivity index (χ3n) is 3.78. The number of carbonyl (C=O) groups is 1. The highest BCUT2D eigenvalue weighted by molar-refractivity contribution is 5.85. The van der Waals surface area contributed by atoms with Crippen molar-refractivity contribution in [3.8, 4) is 0 Å². The maximum Gasteiger partial charge on any atom is 0.244 e. The van der Waals surface area contributed by atoms with Gasteiger partial charge in [-0.1, -0.05) is 6.08 Å². The minimum Gasteiger partial charge on any atom is -0.341 e. The maximum absolute atomic E-state index is 12.5. The molecule has 0 aliphatic carbocycles. The van der Waals surface area contributed by atoms with Gasteiger partial charge < -0.3 is 10.2 Å². The van der Waals surface area contributed by atoms with E-state index in [2.05, 4.69) is 17.0 Å². The largest absolute Gasteiger partial charge is 0.341 e. The number of hydrogen-bond acceptors (Lipinski definition) is 3. The van der Waals surface area contributed by atoms with Crippen molar-refractivity contribution in [3.63, 3.8) is 0 Å². The fraction of sp³-hybridized carbons (Fsp3) is 0.571. The molecule has 1 fully saturated rings. The monoisotopic (exact) mass is 298 g/mol. The summed E-state index contributed by atoms with van der Waals surface area (Å²) in [5.41, 5.74) is 0.917. The molecule has 5 nitrogen and oxygen atoms in total. The van der Waals surface area contributed by atoms with Crippen molar-refractivity contribution in [2.24, 2.45) is 13.0 Å². The van der Waals surface area contributed by atoms with Gasteiger partial charge in [0.1, 0.15) is 6.04 Å². The summed E-state index contributed by atoms with van der Waals surface area (Å²) in [4.78, 5) is 14.5. The SMILES string of the molecule is C=CC1CCN(C(=O)C(NC)c2cnn(C)c2)CC1.Cl. The topological polar surface area (TPSA) is 50.2 Å². The van der Waals surface area contributed by atoms with E-state index < -0.39 is 0 Å². The van der Waals surface area contributed by atoms with E-state index in [0.717, 1.165) is 31.5 Å². The van der Waals surface area contributed by atoms with Crippen LogP contribution in [-0.2, 0) is 11.8 Å². The summed E-state index contributed by atoms with van der Waals surface area (Å²) in [7, 11) is 3.67. The van der Waals surface area contributed by atoms with Crippen LogP contribution in [0.1, 0.15) is 24.4 Å². The zero-order chi connectivity index (χ0) is 13.8. The average molecular weight is 299 g/mol. The summed E-state index contributed by atoms with van der Waals surface area (Å²) in [5.74, 6) is 0.688. The fourth-order valence-corrected chi connectivity index (χ4v) is 2.56. The van der Waals surface area contributed by atoms with E-state index in [0.29, 0.717) is 5.92 Å². The quantitative estimate of drug-likeness (QED) is 0.858. The Kier molecular flexibility index (Phi) is 6.23. The second-order valence-corrected chi connectivity index (χ2v) is 5.07. The number of rotatable bonds is 4. The number of aromatic nitrogens is 2. The van der Waals surface area contributed by atoms with Crippen molar-refractivity contribution in [2.45, 2.75) is 18.9 Å². The number of likely N-dealkylation sites (tertiary alicyclic amines) is 1. The van der Waals surface area contributed by atoms with Crippen LogP contribution >= 0.6 is 12.4 Å². The molecule has 20 heavy (non-hydrogen) atoms. The highest BCUT2D eigenvalue weighted by Crippen LogP contribution is 2.21. The Balaban J connectivity index is 0.00000200. The Morgan fingerprint density at radius 3 is 2.65 bits per heavy atom. The molecule has 1 amide bonds. The number of aryl methyl sites for hydroxylation is 1. The lowest BCUT2D eigenvalue weighted by Crippen LogP contribution is -2.43. The molecule has 1 aliphatic heterocycles. The summed E-state index contributed by atoms with van der Waals surface area (Å²) >= 11 is 0. The molecule has 0 aromatic carbocycles. The Hall–Kier alpha value is -1.33. The smallest absolute Gasteiger partial charge is 0.244 e. The highest BCUT2D eigenvalue weighted by atomic mass is 35.5. The van der Waals surface area contributed by atoms with Gasteiger partial charge in [0, 0.05) is 31.9 Å². The second-order valence-electron chi connectivity index (χ2n) is 5.07. The Labute approximate surface area is 126 Å². The maximum atomic E-state index is 12.5. The van der Waals surface area contributed by atoms with Gasteiger partial charge in [-0.05, 0) is 25.8 Å². The Morgan fingerprint density at radius 2 is 2.20 bits per heavy atom. The summed E-state index contributed by atoms with van der Waals surface area (Å²) < 4.78 is 1.72. The molecular weight excluding hydrogens is 276 g/mol. The molecule has 1 saturated heterocycles. The number of hydrogen-bond donors (Lipinski definition) is 1. The molecule has 112 valence electrons. The Morgan fingerprint density at radius 1 is 1.55 bits per heavy atom. The van der Waals surface area contributed by atoms with E-state index in [9.17, 15) is 4.79 Å². The number of nitrogens with zero attached hydrogens (tertiary/aromatic N) is 3. The fourth-order valence-electron chi connectivity index (χ4n) is 2.56. The van der Waals surface area contributed by atoms with Gasteiger partial charge in [0.05, 0.1) is 6.20 Å². The molecule has 1 unspecified atom stereocenters. The molecule has 0 bridgehead atoms. The molecular formula is C14H23ClN4O. The number of carbonyl (C=O) groups excluding carboxylic acids is 1. The van der Waals surface area contributed by atoms with E-state index in [1.54, 1.807) is 10.9 Å². The standard InChI is InChI=1S/C14H22N4O.ClH/c1-4-11-5-7-18(8-6-11)14(19)13(15-2)12-9-16-17(3)10-12;/h4,9-11,13,15H,1,5-8H2,2-3H3;1H. The van der Waals surface area contributed by atoms with Gasteiger partial charge in [0.2, 0.25) is 5.91 Å². The van der Waals surface area contributed by atoms with Crippen LogP contribution in [0.5, 0.6) is 0 Å². The van der Waals surface area contributed by atoms with Crippen LogP contribution in [0.4, 0.5) is 0 Å². The third-order valence-corrected chi connectivity index (χ3v) is 3.78. The second kappa shape index (κ2) is 7.45. The number of piperidine rings is 1. The molecule has 1 aliphatic rings. The van der Waals surface area contributed by atoms with Gasteiger partial charge >= 0.3 is 0 Å². The summed E-state index contributed by atoms with van der Waals surface area (Å²) in [6, 6.07) is -0.297. The van der Waals surface area contributed by atoms with E-state index in [4.69, 9.17) is 0 Å². The average Bonchev–Trinajstić information content (AvgIpc) is 2.86. The van der Waals surface area contributed by atoms with Gasteiger partial charge in [-0.15, -0.1) is 19.0 Å². The first kappa shape index (κ1) is 16.7. The number of allylic oxidation sites excluding steroid dienone is 1. The van der Waals surface area contributed by atoms with Gasteiger partial charge in [-0.25, -0.2) is 0 Å². The normalized spacial score (nSPS) is 17.4. The minimum atomic E-state index is -0.297. The van der Waals surface area contributed by atoms with Crippen molar-refractivity contribution >= 4 is 18.3 Å². The van der Waals surface area contributed by atoms with Crippen molar-refractivity contribution in [2.75, 3.05) is 20.1 Å². The van der Waals surface area contributed by atoms with Crippen LogP contribution < -0.4 is 5.32 Å². The molecule has 0 saturated carbocycles. The van der Waals surface area contributed by atoms with Crippen molar-refractivity contribution in [1.29, 1.82) is 0 Å². The zero-order valence-electron chi connectivity index (χ0n) is 12.1. The minimum absolute atomic E-state index is 0. The van der Waals surface area contributed by atoms with E-state index >= 15 is 0 Å². The molecule has 1 atom stereocenters. The summed E-state index contributed by atoms with van der Waals surface area (Å²) in [6.45, 7) is 5.46. The van der Waals surface area contributed by atoms with Crippen LogP contribution in [0.3, 0.4) is 0 Å². The predicted molar refractivity (Wildman–Crippen MR) is 81.8 cm³/mol. The molecule has 1 N–H and O–H groups in total. The molecule has 2 heterocycles. The van der Waals surface area contributed by atoms with Crippen LogP contribution in [0, 0.1) is 5.92 Å². The lowest BCUT2D eigenvalue weighted by Gasteiger charge is -2.33. The van der Waals surface area contributed by atoms with Crippen LogP contribution in [0.25, 0.3) is 0 Å². The molecule has 1 aromatic rings. The molecule has 0 radical (unpaired) electrons. The molecule has 1 aromatic heterocycles. The first-order valence-electron chi connectivity index (χ1n) is 6.73. The van der Waals surface area contributed by atoms with Gasteiger partial charge in [-0.2, -0.15) is 5.10 Å². The summed E-state index contributed by atoms with van der Waals surface area (Å²) in [5, 5.41) is 7.22. The lowest BCUT2D eigenvalue weighted by molar-refractivity contribution is -0.134. The highest BCUT2D eigenvalue weighted by Gasteiger charge is 2.28. The summed E-state index contributed by atoms with van der Waals surface area (Å²) in [6.07, 6.45) is 7.65. The first-order valence-corrected chi connectivity index (χ1v) is 6.73. The third kappa shape index (κ3) is 3.61. The van der Waals surface area contributed by atoms with Crippen LogP contribution in [0.2, 0.25) is 0 Å². The van der Waals surface area contributed by atoms with Crippen molar-refractivity contribution < 1.29 is 4.79 Å². The van der Waals surface area contributed by atoms with Crippen LogP contribution in [0.15, 0.2) is 25.0 Å². The molecule has 2 rings (SSSR count). The van der Waals surface area contributed by atoms with E-state index in [1.165, 1.54) is 0 Å². The van der Waals surface area contributed by atoms with Gasteiger partial charge in [0.15, 0.2) is 0 Å². The number of halogens is 1. The molecule has 0 spiro atoms. The lowest BCUT2D eigenvalue weighted by atomic mass is 9.96. The van der Waals surface area contributed by atoms with Crippen molar-refractivity contribution in [3.05, 3.63) is 30.6 Å². The van der Waals surface area contributed by atoms with Crippen molar-refractivity contribution in [1.82, 2.24) is 20.0 Å². The molecule has 6 heteroatoms. The predicted octanol–water partition coefficient (Wildman–Crippen LogP) is 1.53. The van der Waals surface area contributed by atoms with Crippen LogP contribution in [-0.4, -0.2) is 40.7 Å². The van der Waals surface area contributed by atoms with E-state index in [1.807, 2.05) is 31.3 Å². The van der Waals surface area contributed by atoms with Gasteiger partial charge in [0.25, 0.3) is 0 Å². The van der Waals surface area contributed by atoms with Gasteiger partial charge in [-0.3, -0.25) is 9.48 Å². The Bertz CT molecular complexity index is 452. The number of likely N-dealkylation sites (N-methyl/N-ethyl adjacent to an activating group) is 1. The number of nitrogens with one attached hydrogen (secondary N) is 1. The number of amides is 1.